The van der Waals surface area contributed by atoms with E-state index in [1.165, 1.54) is 4.31 Å². The number of hydrogen-bond donors (Lipinski definition) is 1. The van der Waals surface area contributed by atoms with Gasteiger partial charge in [-0.25, -0.2) is 8.42 Å². The number of sulfonamides is 1. The average Bonchev–Trinajstić information content (AvgIpc) is 3.18. The lowest BCUT2D eigenvalue weighted by molar-refractivity contribution is 0.0954. The predicted octanol–water partition coefficient (Wildman–Crippen LogP) is 3.26. The lowest BCUT2D eigenvalue weighted by Gasteiger charge is -2.28. The van der Waals surface area contributed by atoms with Gasteiger partial charge in [0.25, 0.3) is 5.91 Å². The Bertz CT molecular complexity index is 833. The van der Waals surface area contributed by atoms with Crippen LogP contribution in [-0.2, 0) is 15.8 Å². The quantitative estimate of drug-likeness (QED) is 0.678. The van der Waals surface area contributed by atoms with Gasteiger partial charge in [0.15, 0.2) is 0 Å². The summed E-state index contributed by atoms with van der Waals surface area (Å²) in [5, 5.41) is 2.90. The maximum Gasteiger partial charge on any atom is 0.251 e. The fraction of sp³-hybridized carbons (Fsp3) is 0.421. The van der Waals surface area contributed by atoms with Crippen LogP contribution in [-0.4, -0.2) is 38.9 Å². The molecule has 2 heterocycles. The summed E-state index contributed by atoms with van der Waals surface area (Å²) in [5.41, 5.74) is 1.16. The number of anilines is 1. The maximum absolute atomic E-state index is 12.2. The second kappa shape index (κ2) is 9.32. The number of hydrogen-bond acceptors (Lipinski definition) is 5. The standard InChI is InChI=1S/C19H24N2O4S2/c22-19(20-10-4-13-26-15-18-5-3-12-25-18)16-6-8-17(9-7-16)21-11-1-2-14-27(21,23)24/h3,5-9,12H,1-2,4,10-11,13-15H2,(H,20,22). The van der Waals surface area contributed by atoms with Gasteiger partial charge in [-0.1, -0.05) is 0 Å². The molecule has 3 rings (SSSR count). The Morgan fingerprint density at radius 2 is 2.00 bits per heavy atom. The molecular weight excluding hydrogens is 384 g/mol. The SMILES string of the molecule is O=C(NCCCSCc1ccco1)c1ccc(N2CCCCS2(=O)=O)cc1. The van der Waals surface area contributed by atoms with E-state index in [0.717, 1.165) is 30.1 Å². The van der Waals surface area contributed by atoms with Crippen molar-refractivity contribution in [2.24, 2.45) is 0 Å². The van der Waals surface area contributed by atoms with Crippen LogP contribution in [0.2, 0.25) is 0 Å². The number of thioether (sulfide) groups is 1. The summed E-state index contributed by atoms with van der Waals surface area (Å²) in [6.07, 6.45) is 4.11. The molecule has 0 bridgehead atoms. The molecule has 1 aromatic carbocycles. The van der Waals surface area contributed by atoms with Crippen molar-refractivity contribution in [1.82, 2.24) is 5.32 Å². The van der Waals surface area contributed by atoms with E-state index >= 15 is 0 Å². The Morgan fingerprint density at radius 1 is 1.19 bits per heavy atom. The average molecular weight is 409 g/mol. The van der Waals surface area contributed by atoms with Gasteiger partial charge in [0.1, 0.15) is 5.76 Å². The number of nitrogens with zero attached hydrogens (tertiary/aromatic N) is 1. The zero-order valence-corrected chi connectivity index (χ0v) is 16.7. The molecule has 0 radical (unpaired) electrons. The number of benzene rings is 1. The van der Waals surface area contributed by atoms with Crippen LogP contribution < -0.4 is 9.62 Å². The van der Waals surface area contributed by atoms with Crippen molar-refractivity contribution >= 4 is 33.4 Å². The molecule has 1 amide bonds. The number of nitrogens with one attached hydrogen (secondary N) is 1. The second-order valence-electron chi connectivity index (χ2n) is 6.38. The zero-order valence-electron chi connectivity index (χ0n) is 15.1. The molecule has 27 heavy (non-hydrogen) atoms. The van der Waals surface area contributed by atoms with Gasteiger partial charge in [0.2, 0.25) is 10.0 Å². The van der Waals surface area contributed by atoms with E-state index < -0.39 is 10.0 Å². The highest BCUT2D eigenvalue weighted by atomic mass is 32.2. The highest BCUT2D eigenvalue weighted by molar-refractivity contribution is 7.98. The number of carbonyl (C=O) groups is 1. The molecule has 146 valence electrons. The molecule has 1 aliphatic rings. The molecule has 6 nitrogen and oxygen atoms in total. The molecule has 8 heteroatoms. The topological polar surface area (TPSA) is 79.6 Å². The van der Waals surface area contributed by atoms with Crippen LogP contribution in [0.15, 0.2) is 47.1 Å². The lowest BCUT2D eigenvalue weighted by atomic mass is 10.2. The molecule has 0 spiro atoms. The molecule has 1 saturated heterocycles. The van der Waals surface area contributed by atoms with Gasteiger partial charge in [-0.3, -0.25) is 9.10 Å². The lowest BCUT2D eigenvalue weighted by Crippen LogP contribution is -2.37. The fourth-order valence-electron chi connectivity index (χ4n) is 2.90. The summed E-state index contributed by atoms with van der Waals surface area (Å²) >= 11 is 1.77. The van der Waals surface area contributed by atoms with Gasteiger partial charge < -0.3 is 9.73 Å². The van der Waals surface area contributed by atoms with Crippen LogP contribution in [0.1, 0.15) is 35.4 Å². The fourth-order valence-corrected chi connectivity index (χ4v) is 5.40. The van der Waals surface area contributed by atoms with Crippen LogP contribution in [0, 0.1) is 0 Å². The van der Waals surface area contributed by atoms with E-state index in [-0.39, 0.29) is 11.7 Å². The summed E-state index contributed by atoms with van der Waals surface area (Å²) in [6.45, 7) is 1.11. The minimum absolute atomic E-state index is 0.140. The van der Waals surface area contributed by atoms with E-state index in [1.807, 2.05) is 12.1 Å². The first-order valence-corrected chi connectivity index (χ1v) is 11.8. The number of rotatable bonds is 8. The first-order chi connectivity index (χ1) is 13.1. The Kier molecular flexibility index (Phi) is 6.84. The van der Waals surface area contributed by atoms with Gasteiger partial charge in [0.05, 0.1) is 23.5 Å². The number of furan rings is 1. The maximum atomic E-state index is 12.2. The van der Waals surface area contributed by atoms with Gasteiger partial charge >= 0.3 is 0 Å². The van der Waals surface area contributed by atoms with E-state index in [2.05, 4.69) is 5.32 Å². The minimum Gasteiger partial charge on any atom is -0.468 e. The third kappa shape index (κ3) is 5.52. The molecule has 1 aromatic heterocycles. The van der Waals surface area contributed by atoms with Crippen molar-refractivity contribution in [3.05, 3.63) is 54.0 Å². The molecule has 0 aliphatic carbocycles. The van der Waals surface area contributed by atoms with Gasteiger partial charge in [-0.2, -0.15) is 11.8 Å². The largest absolute Gasteiger partial charge is 0.468 e. The monoisotopic (exact) mass is 408 g/mol. The first-order valence-electron chi connectivity index (χ1n) is 9.05. The number of amides is 1. The molecular formula is C19H24N2O4S2. The molecule has 2 aromatic rings. The van der Waals surface area contributed by atoms with E-state index in [4.69, 9.17) is 4.42 Å². The summed E-state index contributed by atoms with van der Waals surface area (Å²) in [5.74, 6) is 2.78. The van der Waals surface area contributed by atoms with Gasteiger partial charge in [-0.05, 0) is 61.4 Å². The normalized spacial score (nSPS) is 16.2. The van der Waals surface area contributed by atoms with Crippen molar-refractivity contribution in [3.63, 3.8) is 0 Å². The Morgan fingerprint density at radius 3 is 2.70 bits per heavy atom. The number of carbonyl (C=O) groups excluding carboxylic acids is 1. The zero-order chi connectivity index (χ0) is 19.1. The predicted molar refractivity (Wildman–Crippen MR) is 109 cm³/mol. The van der Waals surface area contributed by atoms with Crippen LogP contribution in [0.25, 0.3) is 0 Å². The highest BCUT2D eigenvalue weighted by Gasteiger charge is 2.25. The van der Waals surface area contributed by atoms with Crippen LogP contribution in [0.3, 0.4) is 0 Å². The molecule has 1 aliphatic heterocycles. The van der Waals surface area contributed by atoms with Crippen LogP contribution in [0.4, 0.5) is 5.69 Å². The van der Waals surface area contributed by atoms with Crippen molar-refractivity contribution in [2.45, 2.75) is 25.0 Å². The Labute approximate surface area is 164 Å². The third-order valence-electron chi connectivity index (χ3n) is 4.34. The Hall–Kier alpha value is -1.93. The van der Waals surface area contributed by atoms with Gasteiger partial charge in [0, 0.05) is 18.7 Å². The van der Waals surface area contributed by atoms with E-state index in [1.54, 1.807) is 42.3 Å². The molecule has 1 N–H and O–H groups in total. The van der Waals surface area contributed by atoms with E-state index in [0.29, 0.717) is 30.8 Å². The van der Waals surface area contributed by atoms with Crippen LogP contribution in [0.5, 0.6) is 0 Å². The molecule has 1 fully saturated rings. The summed E-state index contributed by atoms with van der Waals surface area (Å²) in [6, 6.07) is 10.6. The first kappa shape index (κ1) is 19.8. The molecule has 0 unspecified atom stereocenters. The highest BCUT2D eigenvalue weighted by Crippen LogP contribution is 2.23. The van der Waals surface area contributed by atoms with Crippen molar-refractivity contribution in [3.8, 4) is 0 Å². The molecule has 0 atom stereocenters. The van der Waals surface area contributed by atoms with Crippen molar-refractivity contribution in [2.75, 3.05) is 28.9 Å². The minimum atomic E-state index is -3.23. The van der Waals surface area contributed by atoms with E-state index in [9.17, 15) is 13.2 Å². The van der Waals surface area contributed by atoms with Crippen molar-refractivity contribution in [1.29, 1.82) is 0 Å². The third-order valence-corrected chi connectivity index (χ3v) is 7.28. The summed E-state index contributed by atoms with van der Waals surface area (Å²) < 4.78 is 31.0. The van der Waals surface area contributed by atoms with Crippen LogP contribution >= 0.6 is 11.8 Å². The summed E-state index contributed by atoms with van der Waals surface area (Å²) in [4.78, 5) is 12.2. The summed E-state index contributed by atoms with van der Waals surface area (Å²) in [7, 11) is -3.23. The smallest absolute Gasteiger partial charge is 0.251 e. The Balaban J connectivity index is 1.42. The van der Waals surface area contributed by atoms with Crippen molar-refractivity contribution < 1.29 is 17.6 Å². The molecule has 0 saturated carbocycles. The second-order valence-corrected chi connectivity index (χ2v) is 9.50. The van der Waals surface area contributed by atoms with Gasteiger partial charge in [-0.15, -0.1) is 0 Å².